The van der Waals surface area contributed by atoms with Crippen LogP contribution in [0.25, 0.3) is 0 Å². The summed E-state index contributed by atoms with van der Waals surface area (Å²) < 4.78 is 5.65. The van der Waals surface area contributed by atoms with Crippen molar-refractivity contribution in [1.29, 1.82) is 0 Å². The number of hydrogen-bond donors (Lipinski definition) is 1. The molecular weight excluding hydrogens is 238 g/mol. The van der Waals surface area contributed by atoms with Crippen molar-refractivity contribution in [3.63, 3.8) is 0 Å². The number of alkyl halides is 1. The average molecular weight is 256 g/mol. The highest BCUT2D eigenvalue weighted by atomic mass is 35.5. The van der Waals surface area contributed by atoms with Gasteiger partial charge in [-0.1, -0.05) is 12.1 Å². The summed E-state index contributed by atoms with van der Waals surface area (Å²) in [6.07, 6.45) is 0.774. The predicted octanol–water partition coefficient (Wildman–Crippen LogP) is 2.43. The molecule has 0 atom stereocenters. The van der Waals surface area contributed by atoms with E-state index in [0.29, 0.717) is 13.2 Å². The Morgan fingerprint density at radius 2 is 2.18 bits per heavy atom. The Morgan fingerprint density at radius 3 is 2.88 bits per heavy atom. The van der Waals surface area contributed by atoms with Crippen molar-refractivity contribution in [2.75, 3.05) is 19.0 Å². The van der Waals surface area contributed by atoms with Crippen molar-refractivity contribution < 1.29 is 9.53 Å². The summed E-state index contributed by atoms with van der Waals surface area (Å²) in [6.45, 7) is 5.24. The second-order valence-corrected chi connectivity index (χ2v) is 4.22. The number of carbonyl (C=O) groups is 1. The zero-order valence-corrected chi connectivity index (χ0v) is 11.0. The predicted molar refractivity (Wildman–Crippen MR) is 69.8 cm³/mol. The number of benzene rings is 1. The minimum Gasteiger partial charge on any atom is -0.493 e. The highest BCUT2D eigenvalue weighted by molar-refractivity contribution is 6.27. The normalized spacial score (nSPS) is 10.1. The van der Waals surface area contributed by atoms with E-state index in [4.69, 9.17) is 16.3 Å². The van der Waals surface area contributed by atoms with E-state index in [1.54, 1.807) is 0 Å². The number of ether oxygens (including phenoxy) is 1. The summed E-state index contributed by atoms with van der Waals surface area (Å²) in [5.41, 5.74) is 2.31. The van der Waals surface area contributed by atoms with E-state index in [1.807, 2.05) is 26.0 Å². The monoisotopic (exact) mass is 255 g/mol. The highest BCUT2D eigenvalue weighted by Crippen LogP contribution is 2.18. The number of carbonyl (C=O) groups excluding carboxylic acids is 1. The second-order valence-electron chi connectivity index (χ2n) is 3.95. The fourth-order valence-corrected chi connectivity index (χ4v) is 1.49. The summed E-state index contributed by atoms with van der Waals surface area (Å²) in [7, 11) is 0. The van der Waals surface area contributed by atoms with Crippen LogP contribution >= 0.6 is 11.6 Å². The molecule has 0 aliphatic rings. The molecule has 17 heavy (non-hydrogen) atoms. The van der Waals surface area contributed by atoms with Crippen molar-refractivity contribution in [3.05, 3.63) is 29.3 Å². The number of aryl methyl sites for hydroxylation is 2. The van der Waals surface area contributed by atoms with Crippen LogP contribution in [0.15, 0.2) is 18.2 Å². The summed E-state index contributed by atoms with van der Waals surface area (Å²) in [5, 5.41) is 2.69. The Bertz CT molecular complexity index is 380. The third-order valence-electron chi connectivity index (χ3n) is 2.37. The molecule has 0 saturated heterocycles. The number of rotatable bonds is 6. The van der Waals surface area contributed by atoms with Gasteiger partial charge in [0, 0.05) is 6.54 Å². The molecule has 0 radical (unpaired) electrons. The van der Waals surface area contributed by atoms with Gasteiger partial charge in [0.25, 0.3) is 0 Å². The summed E-state index contributed by atoms with van der Waals surface area (Å²) in [6, 6.07) is 6.12. The quantitative estimate of drug-likeness (QED) is 0.626. The highest BCUT2D eigenvalue weighted by Gasteiger charge is 2.00. The molecule has 0 fully saturated rings. The van der Waals surface area contributed by atoms with E-state index in [1.165, 1.54) is 5.56 Å². The number of hydrogen-bond acceptors (Lipinski definition) is 2. The number of amides is 1. The largest absolute Gasteiger partial charge is 0.493 e. The first kappa shape index (κ1) is 13.8. The third kappa shape index (κ3) is 5.09. The molecule has 1 rings (SSSR count). The molecule has 94 valence electrons. The van der Waals surface area contributed by atoms with Crippen LogP contribution in [0.5, 0.6) is 5.75 Å². The summed E-state index contributed by atoms with van der Waals surface area (Å²) in [4.78, 5) is 10.9. The topological polar surface area (TPSA) is 38.3 Å². The first-order valence-corrected chi connectivity index (χ1v) is 6.19. The second kappa shape index (κ2) is 7.17. The lowest BCUT2D eigenvalue weighted by molar-refractivity contribution is -0.118. The van der Waals surface area contributed by atoms with Crippen molar-refractivity contribution in [2.45, 2.75) is 20.3 Å². The fourth-order valence-electron chi connectivity index (χ4n) is 1.39. The van der Waals surface area contributed by atoms with Crippen LogP contribution in [0.3, 0.4) is 0 Å². The van der Waals surface area contributed by atoms with Gasteiger partial charge in [0.05, 0.1) is 6.61 Å². The van der Waals surface area contributed by atoms with Crippen molar-refractivity contribution in [3.8, 4) is 5.75 Å². The maximum Gasteiger partial charge on any atom is 0.234 e. The molecule has 0 aromatic heterocycles. The van der Waals surface area contributed by atoms with Gasteiger partial charge in [-0.05, 0) is 37.5 Å². The van der Waals surface area contributed by atoms with Gasteiger partial charge in [-0.15, -0.1) is 11.6 Å². The lowest BCUT2D eigenvalue weighted by Gasteiger charge is -2.10. The van der Waals surface area contributed by atoms with E-state index >= 15 is 0 Å². The van der Waals surface area contributed by atoms with E-state index in [2.05, 4.69) is 11.4 Å². The molecule has 1 amide bonds. The first-order chi connectivity index (χ1) is 8.13. The third-order valence-corrected chi connectivity index (χ3v) is 2.61. The van der Waals surface area contributed by atoms with Crippen LogP contribution < -0.4 is 10.1 Å². The molecule has 1 aromatic carbocycles. The van der Waals surface area contributed by atoms with Gasteiger partial charge in [-0.25, -0.2) is 0 Å². The Kier molecular flexibility index (Phi) is 5.84. The minimum atomic E-state index is -0.140. The summed E-state index contributed by atoms with van der Waals surface area (Å²) >= 11 is 5.36. The van der Waals surface area contributed by atoms with Gasteiger partial charge < -0.3 is 10.1 Å². The lowest BCUT2D eigenvalue weighted by Crippen LogP contribution is -2.26. The van der Waals surface area contributed by atoms with E-state index in [9.17, 15) is 4.79 Å². The van der Waals surface area contributed by atoms with Crippen LogP contribution in [0.4, 0.5) is 0 Å². The maximum atomic E-state index is 10.9. The van der Waals surface area contributed by atoms with Gasteiger partial charge in [0.2, 0.25) is 5.91 Å². The molecule has 0 bridgehead atoms. The number of nitrogens with one attached hydrogen (secondary N) is 1. The first-order valence-electron chi connectivity index (χ1n) is 5.66. The molecule has 0 aliphatic carbocycles. The smallest absolute Gasteiger partial charge is 0.234 e. The van der Waals surface area contributed by atoms with E-state index in [0.717, 1.165) is 17.7 Å². The van der Waals surface area contributed by atoms with E-state index in [-0.39, 0.29) is 11.8 Å². The zero-order chi connectivity index (χ0) is 12.7. The molecule has 0 saturated carbocycles. The lowest BCUT2D eigenvalue weighted by atomic mass is 10.1. The van der Waals surface area contributed by atoms with Crippen molar-refractivity contribution in [1.82, 2.24) is 5.32 Å². The Balaban J connectivity index is 2.26. The van der Waals surface area contributed by atoms with Gasteiger partial charge in [-0.3, -0.25) is 4.79 Å². The zero-order valence-electron chi connectivity index (χ0n) is 10.3. The van der Waals surface area contributed by atoms with Crippen LogP contribution in [0, 0.1) is 13.8 Å². The molecule has 4 heteroatoms. The Hall–Kier alpha value is -1.22. The fraction of sp³-hybridized carbons (Fsp3) is 0.462. The minimum absolute atomic E-state index is 0.0118. The van der Waals surface area contributed by atoms with Crippen molar-refractivity contribution >= 4 is 17.5 Å². The number of halogens is 1. The standard InChI is InChI=1S/C13H18ClNO2/c1-10-4-5-11(2)12(8-10)17-7-3-6-15-13(16)9-14/h4-5,8H,3,6-7,9H2,1-2H3,(H,15,16). The molecule has 0 aliphatic heterocycles. The van der Waals surface area contributed by atoms with Crippen LogP contribution in [-0.4, -0.2) is 24.9 Å². The van der Waals surface area contributed by atoms with Gasteiger partial charge >= 0.3 is 0 Å². The molecule has 3 nitrogen and oxygen atoms in total. The molecule has 1 N–H and O–H groups in total. The van der Waals surface area contributed by atoms with Gasteiger partial charge in [0.15, 0.2) is 0 Å². The molecular formula is C13H18ClNO2. The van der Waals surface area contributed by atoms with Crippen LogP contribution in [0.1, 0.15) is 17.5 Å². The van der Waals surface area contributed by atoms with Crippen LogP contribution in [-0.2, 0) is 4.79 Å². The maximum absolute atomic E-state index is 10.9. The van der Waals surface area contributed by atoms with Gasteiger partial charge in [-0.2, -0.15) is 0 Å². The van der Waals surface area contributed by atoms with E-state index < -0.39 is 0 Å². The molecule has 0 heterocycles. The SMILES string of the molecule is Cc1ccc(C)c(OCCCNC(=O)CCl)c1. The molecule has 0 unspecified atom stereocenters. The Labute approximate surface area is 107 Å². The molecule has 0 spiro atoms. The molecule has 1 aromatic rings. The average Bonchev–Trinajstić information content (AvgIpc) is 2.32. The van der Waals surface area contributed by atoms with Crippen LogP contribution in [0.2, 0.25) is 0 Å². The summed E-state index contributed by atoms with van der Waals surface area (Å²) in [5.74, 6) is 0.782. The van der Waals surface area contributed by atoms with Crippen molar-refractivity contribution in [2.24, 2.45) is 0 Å². The van der Waals surface area contributed by atoms with Gasteiger partial charge in [0.1, 0.15) is 11.6 Å². The Morgan fingerprint density at radius 1 is 1.41 bits per heavy atom.